The van der Waals surface area contributed by atoms with Gasteiger partial charge in [0, 0.05) is 5.57 Å². The highest BCUT2D eigenvalue weighted by atomic mass is 32.2. The third-order valence-electron chi connectivity index (χ3n) is 3.19. The van der Waals surface area contributed by atoms with E-state index in [1.807, 2.05) is 13.8 Å². The Balaban J connectivity index is 2.18. The molecule has 2 aliphatic rings. The lowest BCUT2D eigenvalue weighted by molar-refractivity contribution is -0.139. The number of aliphatic carboxylic acids is 1. The second-order valence-corrected chi connectivity index (χ2v) is 5.37. The van der Waals surface area contributed by atoms with Gasteiger partial charge in [-0.2, -0.15) is 0 Å². The van der Waals surface area contributed by atoms with Crippen LogP contribution in [0.15, 0.2) is 23.1 Å². The fraction of sp³-hybridized carbons (Fsp3) is 0.455. The third kappa shape index (κ3) is 1.63. The van der Waals surface area contributed by atoms with Crippen LogP contribution in [0.2, 0.25) is 0 Å². The van der Waals surface area contributed by atoms with Crippen molar-refractivity contribution < 1.29 is 14.7 Å². The number of carboxylic acids is 1. The molecule has 80 valence electrons. The van der Waals surface area contributed by atoms with Crippen LogP contribution in [0.3, 0.4) is 0 Å². The molecule has 1 aliphatic heterocycles. The average molecular weight is 224 g/mol. The van der Waals surface area contributed by atoms with Gasteiger partial charge in [-0.05, 0) is 22.8 Å². The molecule has 1 heterocycles. The van der Waals surface area contributed by atoms with Gasteiger partial charge in [-0.1, -0.05) is 31.7 Å². The fourth-order valence-electron chi connectivity index (χ4n) is 2.08. The minimum Gasteiger partial charge on any atom is -0.481 e. The average Bonchev–Trinajstić information content (AvgIpc) is 2.47. The highest BCUT2D eigenvalue weighted by Gasteiger charge is 2.61. The monoisotopic (exact) mass is 224 g/mol. The molecule has 0 spiro atoms. The predicted octanol–water partition coefficient (Wildman–Crippen LogP) is 2.06. The number of allylic oxidation sites excluding steroid dienone is 2. The molecule has 0 amide bonds. The number of carbonyl (C=O) groups excluding carboxylic acids is 1. The summed E-state index contributed by atoms with van der Waals surface area (Å²) < 4.78 is 0. The van der Waals surface area contributed by atoms with Crippen LogP contribution in [-0.2, 0) is 9.59 Å². The molecule has 2 rings (SSSR count). The zero-order valence-electron chi connectivity index (χ0n) is 8.56. The van der Waals surface area contributed by atoms with Gasteiger partial charge in [0.2, 0.25) is 5.12 Å². The van der Waals surface area contributed by atoms with Gasteiger partial charge in [0.1, 0.15) is 0 Å². The van der Waals surface area contributed by atoms with Crippen molar-refractivity contribution >= 4 is 22.8 Å². The zero-order valence-corrected chi connectivity index (χ0v) is 9.38. The first-order valence-electron chi connectivity index (χ1n) is 4.77. The van der Waals surface area contributed by atoms with Crippen LogP contribution in [-0.4, -0.2) is 16.2 Å². The van der Waals surface area contributed by atoms with E-state index < -0.39 is 5.97 Å². The second-order valence-electron chi connectivity index (χ2n) is 4.49. The maximum atomic E-state index is 11.3. The summed E-state index contributed by atoms with van der Waals surface area (Å²) in [6.45, 7) is 3.84. The van der Waals surface area contributed by atoms with Gasteiger partial charge < -0.3 is 5.11 Å². The van der Waals surface area contributed by atoms with Gasteiger partial charge in [0.25, 0.3) is 0 Å². The lowest BCUT2D eigenvalue weighted by atomic mass is 10.1. The molecular formula is C11H12O3S. The maximum Gasteiger partial charge on any atom is 0.307 e. The molecule has 1 saturated carbocycles. The van der Waals surface area contributed by atoms with E-state index in [2.05, 4.69) is 0 Å². The summed E-state index contributed by atoms with van der Waals surface area (Å²) >= 11 is 1.15. The molecule has 0 aromatic carbocycles. The molecule has 1 N–H and O–H groups in total. The van der Waals surface area contributed by atoms with Crippen molar-refractivity contribution in [2.75, 3.05) is 0 Å². The summed E-state index contributed by atoms with van der Waals surface area (Å²) in [6, 6.07) is 0. The number of hydrogen-bond donors (Lipinski definition) is 1. The topological polar surface area (TPSA) is 54.4 Å². The van der Waals surface area contributed by atoms with E-state index in [9.17, 15) is 9.59 Å². The third-order valence-corrected chi connectivity index (χ3v) is 3.92. The molecule has 0 aromatic rings. The summed E-state index contributed by atoms with van der Waals surface area (Å²) in [6.07, 6.45) is 3.55. The van der Waals surface area contributed by atoms with E-state index in [-0.39, 0.29) is 22.4 Å². The minimum atomic E-state index is -0.774. The van der Waals surface area contributed by atoms with E-state index in [1.54, 1.807) is 17.6 Å². The summed E-state index contributed by atoms with van der Waals surface area (Å²) in [4.78, 5) is 22.2. The van der Waals surface area contributed by atoms with Crippen molar-refractivity contribution in [1.82, 2.24) is 0 Å². The van der Waals surface area contributed by atoms with Crippen molar-refractivity contribution in [2.45, 2.75) is 13.8 Å². The molecule has 0 saturated heterocycles. The molecule has 0 radical (unpaired) electrons. The van der Waals surface area contributed by atoms with Gasteiger partial charge >= 0.3 is 5.97 Å². The Labute approximate surface area is 92.2 Å². The Bertz CT molecular complexity index is 393. The molecule has 3 nitrogen and oxygen atoms in total. The van der Waals surface area contributed by atoms with Crippen LogP contribution in [0.25, 0.3) is 0 Å². The lowest BCUT2D eigenvalue weighted by Crippen LogP contribution is -2.03. The van der Waals surface area contributed by atoms with Crippen LogP contribution in [0, 0.1) is 17.3 Å². The van der Waals surface area contributed by atoms with E-state index in [4.69, 9.17) is 5.11 Å². The smallest absolute Gasteiger partial charge is 0.307 e. The first-order chi connectivity index (χ1) is 6.94. The molecule has 15 heavy (non-hydrogen) atoms. The maximum absolute atomic E-state index is 11.3. The number of carbonyl (C=O) groups is 2. The molecule has 0 unspecified atom stereocenters. The van der Waals surface area contributed by atoms with Gasteiger partial charge in [-0.3, -0.25) is 9.59 Å². The highest BCUT2D eigenvalue weighted by molar-refractivity contribution is 8.17. The summed E-state index contributed by atoms with van der Waals surface area (Å²) in [5, 5.41) is 10.7. The van der Waals surface area contributed by atoms with Crippen molar-refractivity contribution in [3.8, 4) is 0 Å². The van der Waals surface area contributed by atoms with Crippen molar-refractivity contribution in [2.24, 2.45) is 17.3 Å². The number of thioether (sulfide) groups is 1. The molecule has 2 atom stereocenters. The van der Waals surface area contributed by atoms with Gasteiger partial charge in [-0.15, -0.1) is 0 Å². The van der Waals surface area contributed by atoms with E-state index in [0.29, 0.717) is 5.57 Å². The van der Waals surface area contributed by atoms with Gasteiger partial charge in [0.05, 0.1) is 5.92 Å². The Morgan fingerprint density at radius 3 is 2.67 bits per heavy atom. The van der Waals surface area contributed by atoms with E-state index >= 15 is 0 Å². The summed E-state index contributed by atoms with van der Waals surface area (Å²) in [7, 11) is 0. The number of rotatable bonds is 2. The fourth-order valence-corrected chi connectivity index (χ4v) is 2.69. The van der Waals surface area contributed by atoms with Crippen LogP contribution >= 0.6 is 11.8 Å². The predicted molar refractivity (Wildman–Crippen MR) is 58.2 cm³/mol. The Morgan fingerprint density at radius 2 is 2.27 bits per heavy atom. The Morgan fingerprint density at radius 1 is 1.60 bits per heavy atom. The van der Waals surface area contributed by atoms with Crippen LogP contribution in [0.1, 0.15) is 13.8 Å². The largest absolute Gasteiger partial charge is 0.481 e. The number of carboxylic acid groups (broad SMARTS) is 1. The van der Waals surface area contributed by atoms with Crippen LogP contribution in [0.4, 0.5) is 0 Å². The zero-order chi connectivity index (χ0) is 11.2. The SMILES string of the molecule is CC1(C)[C@H](C(=O)O)[C@@H]1C=C1C=CSC1=O. The first kappa shape index (κ1) is 10.5. The Kier molecular flexibility index (Phi) is 2.26. The summed E-state index contributed by atoms with van der Waals surface area (Å²) in [5.41, 5.74) is 0.419. The molecular weight excluding hydrogens is 212 g/mol. The van der Waals surface area contributed by atoms with Crippen molar-refractivity contribution in [1.29, 1.82) is 0 Å². The van der Waals surface area contributed by atoms with Gasteiger partial charge in [-0.25, -0.2) is 0 Å². The molecule has 1 fully saturated rings. The van der Waals surface area contributed by atoms with Crippen molar-refractivity contribution in [3.63, 3.8) is 0 Å². The standard InChI is InChI=1S/C11H12O3S/c1-11(2)7(8(11)9(12)13)5-6-3-4-15-10(6)14/h3-5,7-8H,1-2H3,(H,12,13)/t7-,8-/m0/s1. The normalized spacial score (nSPS) is 34.8. The van der Waals surface area contributed by atoms with Crippen LogP contribution in [0.5, 0.6) is 0 Å². The van der Waals surface area contributed by atoms with E-state index in [0.717, 1.165) is 11.8 Å². The molecule has 0 bridgehead atoms. The van der Waals surface area contributed by atoms with E-state index in [1.165, 1.54) is 0 Å². The van der Waals surface area contributed by atoms with Crippen LogP contribution < -0.4 is 0 Å². The quantitative estimate of drug-likeness (QED) is 0.729. The van der Waals surface area contributed by atoms with Crippen molar-refractivity contribution in [3.05, 3.63) is 23.1 Å². The Hall–Kier alpha value is -1.03. The second kappa shape index (κ2) is 3.23. The first-order valence-corrected chi connectivity index (χ1v) is 5.64. The number of hydrogen-bond acceptors (Lipinski definition) is 3. The molecule has 1 aliphatic carbocycles. The highest BCUT2D eigenvalue weighted by Crippen LogP contribution is 2.59. The minimum absolute atomic E-state index is 0.0156. The molecule has 0 aromatic heterocycles. The summed E-state index contributed by atoms with van der Waals surface area (Å²) in [5.74, 6) is -1.14. The molecule has 4 heteroatoms. The lowest BCUT2D eigenvalue weighted by Gasteiger charge is -1.97. The van der Waals surface area contributed by atoms with Gasteiger partial charge in [0.15, 0.2) is 0 Å².